The first-order chi connectivity index (χ1) is 10.8. The van der Waals surface area contributed by atoms with E-state index in [-0.39, 0.29) is 5.69 Å². The van der Waals surface area contributed by atoms with Crippen molar-refractivity contribution >= 4 is 18.0 Å². The first-order valence-corrected chi connectivity index (χ1v) is 7.02. The summed E-state index contributed by atoms with van der Waals surface area (Å²) in [5, 5.41) is 9.04. The van der Waals surface area contributed by atoms with Crippen LogP contribution in [0.15, 0.2) is 24.3 Å². The number of hydrogen-bond acceptors (Lipinski definition) is 3. The second-order valence-corrected chi connectivity index (χ2v) is 6.03. The van der Waals surface area contributed by atoms with Gasteiger partial charge in [-0.3, -0.25) is 9.59 Å². The Morgan fingerprint density at radius 3 is 2.57 bits per heavy atom. The van der Waals surface area contributed by atoms with Crippen LogP contribution in [0, 0.1) is 17.1 Å². The molecule has 5 nitrogen and oxygen atoms in total. The van der Waals surface area contributed by atoms with E-state index in [9.17, 15) is 14.0 Å². The SMILES string of the molecule is Cn1c(C#N)ccc1-c1cc(F)c2c(c1)C(C)(C)C(=O)N2C=O. The number of halogens is 1. The summed E-state index contributed by atoms with van der Waals surface area (Å²) in [5.41, 5.74) is 1.15. The van der Waals surface area contributed by atoms with Gasteiger partial charge in [-0.1, -0.05) is 0 Å². The highest BCUT2D eigenvalue weighted by molar-refractivity contribution is 6.17. The van der Waals surface area contributed by atoms with E-state index in [2.05, 4.69) is 6.07 Å². The van der Waals surface area contributed by atoms with Gasteiger partial charge >= 0.3 is 0 Å². The van der Waals surface area contributed by atoms with E-state index in [1.165, 1.54) is 6.07 Å². The molecule has 116 valence electrons. The molecule has 1 aromatic carbocycles. The number of aromatic nitrogens is 1. The zero-order valence-corrected chi connectivity index (χ0v) is 12.9. The minimum atomic E-state index is -0.990. The Labute approximate surface area is 132 Å². The van der Waals surface area contributed by atoms with Crippen LogP contribution in [0.2, 0.25) is 0 Å². The molecule has 0 aliphatic carbocycles. The summed E-state index contributed by atoms with van der Waals surface area (Å²) in [6.07, 6.45) is 0.342. The third-order valence-corrected chi connectivity index (χ3v) is 4.37. The van der Waals surface area contributed by atoms with Crippen molar-refractivity contribution in [3.8, 4) is 17.3 Å². The lowest BCUT2D eigenvalue weighted by Crippen LogP contribution is -2.35. The van der Waals surface area contributed by atoms with Crippen LogP contribution >= 0.6 is 0 Å². The maximum absolute atomic E-state index is 14.6. The molecule has 0 spiro atoms. The summed E-state index contributed by atoms with van der Waals surface area (Å²) < 4.78 is 16.2. The van der Waals surface area contributed by atoms with Crippen molar-refractivity contribution in [3.05, 3.63) is 41.3 Å². The smallest absolute Gasteiger partial charge is 0.243 e. The molecule has 0 bridgehead atoms. The molecule has 1 aliphatic rings. The Kier molecular flexibility index (Phi) is 3.11. The first kappa shape index (κ1) is 15.0. The number of hydrogen-bond donors (Lipinski definition) is 0. The van der Waals surface area contributed by atoms with Gasteiger partial charge in [-0.2, -0.15) is 5.26 Å². The van der Waals surface area contributed by atoms with Crippen LogP contribution in [-0.2, 0) is 22.1 Å². The molecule has 0 saturated carbocycles. The number of anilines is 1. The standard InChI is InChI=1S/C17H14FN3O2/c1-17(2)12-6-10(14-5-4-11(8-19)20(14)3)7-13(18)15(12)21(9-22)16(17)23/h4-7,9H,1-3H3. The third-order valence-electron chi connectivity index (χ3n) is 4.37. The van der Waals surface area contributed by atoms with Crippen molar-refractivity contribution in [2.45, 2.75) is 19.3 Å². The molecule has 3 rings (SSSR count). The van der Waals surface area contributed by atoms with E-state index in [0.717, 1.165) is 4.90 Å². The number of rotatable bonds is 2. The van der Waals surface area contributed by atoms with E-state index < -0.39 is 17.1 Å². The van der Waals surface area contributed by atoms with Crippen LogP contribution in [0.5, 0.6) is 0 Å². The average molecular weight is 311 g/mol. The maximum atomic E-state index is 14.6. The number of benzene rings is 1. The summed E-state index contributed by atoms with van der Waals surface area (Å²) in [5.74, 6) is -1.09. The molecule has 0 atom stereocenters. The lowest BCUT2D eigenvalue weighted by molar-refractivity contribution is -0.124. The van der Waals surface area contributed by atoms with Crippen molar-refractivity contribution in [3.63, 3.8) is 0 Å². The van der Waals surface area contributed by atoms with Crippen LogP contribution in [0.4, 0.5) is 10.1 Å². The Morgan fingerprint density at radius 2 is 2.00 bits per heavy atom. The molecule has 23 heavy (non-hydrogen) atoms. The maximum Gasteiger partial charge on any atom is 0.243 e. The van der Waals surface area contributed by atoms with E-state index >= 15 is 0 Å². The highest BCUT2D eigenvalue weighted by Crippen LogP contribution is 2.44. The van der Waals surface area contributed by atoms with Crippen LogP contribution in [0.25, 0.3) is 11.3 Å². The normalized spacial score (nSPS) is 15.4. The minimum Gasteiger partial charge on any atom is -0.335 e. The second kappa shape index (κ2) is 4.78. The van der Waals surface area contributed by atoms with Crippen molar-refractivity contribution in [2.24, 2.45) is 7.05 Å². The Balaban J connectivity index is 2.26. The molecule has 2 heterocycles. The number of carbonyl (C=O) groups is 2. The molecule has 0 saturated heterocycles. The van der Waals surface area contributed by atoms with Crippen LogP contribution in [-0.4, -0.2) is 16.9 Å². The third kappa shape index (κ3) is 1.90. The molecule has 0 radical (unpaired) electrons. The second-order valence-electron chi connectivity index (χ2n) is 6.03. The van der Waals surface area contributed by atoms with Crippen LogP contribution in [0.1, 0.15) is 25.1 Å². The molecule has 2 aromatic rings. The van der Waals surface area contributed by atoms with E-state index in [0.29, 0.717) is 28.9 Å². The predicted molar refractivity (Wildman–Crippen MR) is 82.1 cm³/mol. The van der Waals surface area contributed by atoms with Gasteiger partial charge in [-0.05, 0) is 43.7 Å². The van der Waals surface area contributed by atoms with Gasteiger partial charge in [0.05, 0.1) is 11.1 Å². The van der Waals surface area contributed by atoms with Gasteiger partial charge in [0, 0.05) is 18.3 Å². The summed E-state index contributed by atoms with van der Waals surface area (Å²) in [7, 11) is 1.72. The lowest BCUT2D eigenvalue weighted by atomic mass is 9.85. The Morgan fingerprint density at radius 1 is 1.30 bits per heavy atom. The quantitative estimate of drug-likeness (QED) is 0.800. The number of amides is 2. The molecule has 1 aromatic heterocycles. The zero-order chi connectivity index (χ0) is 16.9. The van der Waals surface area contributed by atoms with E-state index in [1.54, 1.807) is 43.7 Å². The molecular weight excluding hydrogens is 297 g/mol. The van der Waals surface area contributed by atoms with Gasteiger partial charge in [0.1, 0.15) is 17.6 Å². The number of nitriles is 1. The summed E-state index contributed by atoms with van der Waals surface area (Å²) in [6.45, 7) is 3.32. The predicted octanol–water partition coefficient (Wildman–Crippen LogP) is 2.48. The van der Waals surface area contributed by atoms with E-state index in [1.807, 2.05) is 0 Å². The topological polar surface area (TPSA) is 66.1 Å². The monoisotopic (exact) mass is 311 g/mol. The van der Waals surface area contributed by atoms with Crippen LogP contribution in [0.3, 0.4) is 0 Å². The van der Waals surface area contributed by atoms with Crippen molar-refractivity contribution < 1.29 is 14.0 Å². The molecule has 0 N–H and O–H groups in total. The summed E-state index contributed by atoms with van der Waals surface area (Å²) in [6, 6.07) is 8.41. The Bertz CT molecular complexity index is 890. The van der Waals surface area contributed by atoms with Gasteiger partial charge in [0.25, 0.3) is 0 Å². The number of imide groups is 1. The highest BCUT2D eigenvalue weighted by atomic mass is 19.1. The van der Waals surface area contributed by atoms with Crippen molar-refractivity contribution in [1.82, 2.24) is 4.57 Å². The minimum absolute atomic E-state index is 0.00784. The summed E-state index contributed by atoms with van der Waals surface area (Å²) >= 11 is 0. The molecule has 0 unspecified atom stereocenters. The van der Waals surface area contributed by atoms with Gasteiger partial charge < -0.3 is 4.57 Å². The fourth-order valence-electron chi connectivity index (χ4n) is 3.00. The fourth-order valence-corrected chi connectivity index (χ4v) is 3.00. The fraction of sp³-hybridized carbons (Fsp3) is 0.235. The lowest BCUT2D eigenvalue weighted by Gasteiger charge is -2.16. The number of carbonyl (C=O) groups excluding carboxylic acids is 2. The highest BCUT2D eigenvalue weighted by Gasteiger charge is 2.46. The average Bonchev–Trinajstić information content (AvgIpc) is 2.97. The van der Waals surface area contributed by atoms with E-state index in [4.69, 9.17) is 5.26 Å². The first-order valence-electron chi connectivity index (χ1n) is 7.02. The van der Waals surface area contributed by atoms with Gasteiger partial charge in [-0.25, -0.2) is 9.29 Å². The van der Waals surface area contributed by atoms with Gasteiger partial charge in [0.2, 0.25) is 12.3 Å². The molecular formula is C17H14FN3O2. The summed E-state index contributed by atoms with van der Waals surface area (Å²) in [4.78, 5) is 24.3. The Hall–Kier alpha value is -2.94. The number of nitrogens with zero attached hydrogens (tertiary/aromatic N) is 3. The number of fused-ring (bicyclic) bond motifs is 1. The van der Waals surface area contributed by atoms with Crippen molar-refractivity contribution in [1.29, 1.82) is 5.26 Å². The zero-order valence-electron chi connectivity index (χ0n) is 12.9. The van der Waals surface area contributed by atoms with Crippen molar-refractivity contribution in [2.75, 3.05) is 4.90 Å². The molecule has 6 heteroatoms. The molecule has 2 amide bonds. The van der Waals surface area contributed by atoms with Crippen LogP contribution < -0.4 is 4.90 Å². The molecule has 1 aliphatic heterocycles. The largest absolute Gasteiger partial charge is 0.335 e. The van der Waals surface area contributed by atoms with Gasteiger partial charge in [0.15, 0.2) is 0 Å². The van der Waals surface area contributed by atoms with Gasteiger partial charge in [-0.15, -0.1) is 0 Å². The molecule has 0 fully saturated rings.